The molecule has 0 fully saturated rings. The maximum atomic E-state index is 12.1. The molecule has 5 nitrogen and oxygen atoms in total. The van der Waals surface area contributed by atoms with Crippen LogP contribution in [0.4, 0.5) is 4.79 Å². The van der Waals surface area contributed by atoms with Crippen molar-refractivity contribution in [2.75, 3.05) is 13.6 Å². The first kappa shape index (κ1) is 18.3. The number of aliphatic carboxylic acids is 1. The number of nitrogens with one attached hydrogen (secondary N) is 1. The predicted molar refractivity (Wildman–Crippen MR) is 87.2 cm³/mol. The van der Waals surface area contributed by atoms with Crippen molar-refractivity contribution < 1.29 is 14.7 Å². The van der Waals surface area contributed by atoms with Crippen molar-refractivity contribution in [1.82, 2.24) is 10.2 Å². The number of amides is 2. The highest BCUT2D eigenvalue weighted by molar-refractivity contribution is 6.30. The van der Waals surface area contributed by atoms with Gasteiger partial charge in [0, 0.05) is 24.7 Å². The Hall–Kier alpha value is -1.75. The first-order valence-electron chi connectivity index (χ1n) is 7.32. The fourth-order valence-electron chi connectivity index (χ4n) is 2.06. The topological polar surface area (TPSA) is 69.6 Å². The maximum absolute atomic E-state index is 12.1. The molecule has 1 aromatic rings. The maximum Gasteiger partial charge on any atom is 0.317 e. The molecule has 2 N–H and O–H groups in total. The third-order valence-corrected chi connectivity index (χ3v) is 3.78. The van der Waals surface area contributed by atoms with E-state index in [1.54, 1.807) is 14.0 Å². The molecule has 0 bridgehead atoms. The Morgan fingerprint density at radius 2 is 1.91 bits per heavy atom. The number of nitrogens with zero attached hydrogens (tertiary/aromatic N) is 1. The molecule has 0 spiro atoms. The van der Waals surface area contributed by atoms with Crippen molar-refractivity contribution in [3.05, 3.63) is 34.9 Å². The van der Waals surface area contributed by atoms with E-state index < -0.39 is 11.9 Å². The Morgan fingerprint density at radius 1 is 1.32 bits per heavy atom. The molecular formula is C16H23ClN2O3. The van der Waals surface area contributed by atoms with Gasteiger partial charge < -0.3 is 15.3 Å². The Balaban J connectivity index is 2.55. The van der Waals surface area contributed by atoms with Gasteiger partial charge in [-0.05, 0) is 30.5 Å². The third kappa shape index (κ3) is 5.93. The Bertz CT molecular complexity index is 505. The number of carboxylic acids is 1. The second-order valence-electron chi connectivity index (χ2n) is 5.51. The minimum atomic E-state index is -0.909. The van der Waals surface area contributed by atoms with Gasteiger partial charge in [-0.15, -0.1) is 0 Å². The minimum absolute atomic E-state index is 0.00346. The van der Waals surface area contributed by atoms with Crippen LogP contribution in [0, 0.1) is 5.92 Å². The number of hydrogen-bond donors (Lipinski definition) is 2. The summed E-state index contributed by atoms with van der Waals surface area (Å²) in [7, 11) is 1.60. The Labute approximate surface area is 136 Å². The third-order valence-electron chi connectivity index (χ3n) is 3.53. The average Bonchev–Trinajstić information content (AvgIpc) is 2.48. The van der Waals surface area contributed by atoms with Crippen LogP contribution >= 0.6 is 11.6 Å². The summed E-state index contributed by atoms with van der Waals surface area (Å²) >= 11 is 5.86. The highest BCUT2D eigenvalue weighted by Crippen LogP contribution is 2.12. The van der Waals surface area contributed by atoms with E-state index in [0.717, 1.165) is 12.0 Å². The number of carbonyl (C=O) groups is 2. The molecule has 1 aromatic carbocycles. The summed E-state index contributed by atoms with van der Waals surface area (Å²) in [5.41, 5.74) is 1.10. The lowest BCUT2D eigenvalue weighted by atomic mass is 10.0. The summed E-state index contributed by atoms with van der Waals surface area (Å²) in [5.74, 6) is -1.50. The Kier molecular flexibility index (Phi) is 7.18. The second kappa shape index (κ2) is 8.63. The molecule has 0 aliphatic heterocycles. The van der Waals surface area contributed by atoms with Crippen LogP contribution in [0.25, 0.3) is 0 Å². The number of rotatable bonds is 7. The van der Waals surface area contributed by atoms with Crippen LogP contribution in [-0.4, -0.2) is 41.6 Å². The number of hydrogen-bond acceptors (Lipinski definition) is 2. The number of carbonyl (C=O) groups excluding carboxylic acids is 1. The van der Waals surface area contributed by atoms with E-state index in [1.807, 2.05) is 31.2 Å². The largest absolute Gasteiger partial charge is 0.481 e. The zero-order valence-electron chi connectivity index (χ0n) is 13.2. The lowest BCUT2D eigenvalue weighted by Gasteiger charge is -2.24. The molecule has 2 atom stereocenters. The Morgan fingerprint density at radius 3 is 2.41 bits per heavy atom. The van der Waals surface area contributed by atoms with Crippen molar-refractivity contribution in [3.8, 4) is 0 Å². The van der Waals surface area contributed by atoms with Gasteiger partial charge in [0.15, 0.2) is 0 Å². The molecule has 0 heterocycles. The summed E-state index contributed by atoms with van der Waals surface area (Å²) in [6.45, 7) is 3.76. The number of halogens is 1. The summed E-state index contributed by atoms with van der Waals surface area (Å²) in [4.78, 5) is 24.4. The summed E-state index contributed by atoms with van der Waals surface area (Å²) in [5, 5.41) is 12.5. The highest BCUT2D eigenvalue weighted by Gasteiger charge is 2.19. The summed E-state index contributed by atoms with van der Waals surface area (Å²) in [6, 6.07) is 7.27. The van der Waals surface area contributed by atoms with E-state index in [1.165, 1.54) is 4.90 Å². The van der Waals surface area contributed by atoms with Crippen LogP contribution in [-0.2, 0) is 11.2 Å². The SMILES string of the molecule is CCC(Cc1ccc(Cl)cc1)NC(=O)N(C)CC(C)C(=O)O. The van der Waals surface area contributed by atoms with Crippen LogP contribution in [0.2, 0.25) is 5.02 Å². The molecule has 0 aromatic heterocycles. The number of carboxylic acid groups (broad SMARTS) is 1. The van der Waals surface area contributed by atoms with Gasteiger partial charge in [0.05, 0.1) is 5.92 Å². The normalized spacial score (nSPS) is 13.3. The van der Waals surface area contributed by atoms with Gasteiger partial charge in [-0.3, -0.25) is 4.79 Å². The fourth-order valence-corrected chi connectivity index (χ4v) is 2.19. The monoisotopic (exact) mass is 326 g/mol. The van der Waals surface area contributed by atoms with Gasteiger partial charge in [0.1, 0.15) is 0 Å². The number of benzene rings is 1. The van der Waals surface area contributed by atoms with Crippen molar-refractivity contribution >= 4 is 23.6 Å². The lowest BCUT2D eigenvalue weighted by molar-refractivity contribution is -0.141. The zero-order valence-corrected chi connectivity index (χ0v) is 13.9. The van der Waals surface area contributed by atoms with E-state index in [-0.39, 0.29) is 18.6 Å². The molecule has 22 heavy (non-hydrogen) atoms. The minimum Gasteiger partial charge on any atom is -0.481 e. The van der Waals surface area contributed by atoms with Gasteiger partial charge in [0.2, 0.25) is 0 Å². The van der Waals surface area contributed by atoms with Crippen LogP contribution in [0.15, 0.2) is 24.3 Å². The molecular weight excluding hydrogens is 304 g/mol. The molecule has 6 heteroatoms. The van der Waals surface area contributed by atoms with Crippen molar-refractivity contribution in [2.24, 2.45) is 5.92 Å². The van der Waals surface area contributed by atoms with Gasteiger partial charge in [-0.2, -0.15) is 0 Å². The van der Waals surface area contributed by atoms with Crippen LogP contribution in [0.5, 0.6) is 0 Å². The summed E-state index contributed by atoms with van der Waals surface area (Å²) in [6.07, 6.45) is 1.50. The zero-order chi connectivity index (χ0) is 16.7. The molecule has 1 rings (SSSR count). The fraction of sp³-hybridized carbons (Fsp3) is 0.500. The van der Waals surface area contributed by atoms with Gasteiger partial charge in [-0.25, -0.2) is 4.79 Å². The predicted octanol–water partition coefficient (Wildman–Crippen LogP) is 3.02. The van der Waals surface area contributed by atoms with E-state index in [4.69, 9.17) is 16.7 Å². The highest BCUT2D eigenvalue weighted by atomic mass is 35.5. The molecule has 0 radical (unpaired) electrons. The smallest absolute Gasteiger partial charge is 0.317 e. The lowest BCUT2D eigenvalue weighted by Crippen LogP contribution is -2.45. The van der Waals surface area contributed by atoms with E-state index >= 15 is 0 Å². The van der Waals surface area contributed by atoms with Gasteiger partial charge >= 0.3 is 12.0 Å². The van der Waals surface area contributed by atoms with Crippen LogP contribution in [0.3, 0.4) is 0 Å². The molecule has 0 saturated carbocycles. The second-order valence-corrected chi connectivity index (χ2v) is 5.94. The average molecular weight is 327 g/mol. The van der Waals surface area contributed by atoms with Gasteiger partial charge in [0.25, 0.3) is 0 Å². The molecule has 2 unspecified atom stereocenters. The molecule has 0 aliphatic carbocycles. The standard InChI is InChI=1S/C16H23ClN2O3/c1-4-14(9-12-5-7-13(17)8-6-12)18-16(22)19(3)10-11(2)15(20)21/h5-8,11,14H,4,9-10H2,1-3H3,(H,18,22)(H,20,21). The first-order valence-corrected chi connectivity index (χ1v) is 7.70. The van der Waals surface area contributed by atoms with E-state index in [0.29, 0.717) is 11.4 Å². The van der Waals surface area contributed by atoms with E-state index in [2.05, 4.69) is 5.32 Å². The molecule has 122 valence electrons. The van der Waals surface area contributed by atoms with Crippen LogP contribution < -0.4 is 5.32 Å². The van der Waals surface area contributed by atoms with Crippen molar-refractivity contribution in [2.45, 2.75) is 32.7 Å². The summed E-state index contributed by atoms with van der Waals surface area (Å²) < 4.78 is 0. The van der Waals surface area contributed by atoms with Gasteiger partial charge in [-0.1, -0.05) is 37.6 Å². The quantitative estimate of drug-likeness (QED) is 0.809. The van der Waals surface area contributed by atoms with Crippen molar-refractivity contribution in [1.29, 1.82) is 0 Å². The van der Waals surface area contributed by atoms with Crippen LogP contribution in [0.1, 0.15) is 25.8 Å². The van der Waals surface area contributed by atoms with Crippen molar-refractivity contribution in [3.63, 3.8) is 0 Å². The number of urea groups is 1. The molecule has 0 aliphatic rings. The van der Waals surface area contributed by atoms with E-state index in [9.17, 15) is 9.59 Å². The molecule has 2 amide bonds. The first-order chi connectivity index (χ1) is 10.3. The molecule has 0 saturated heterocycles.